The zero-order valence-electron chi connectivity index (χ0n) is 8.57. The van der Waals surface area contributed by atoms with Crippen molar-refractivity contribution >= 4 is 6.29 Å². The number of aromatic hydroxyl groups is 1. The van der Waals surface area contributed by atoms with E-state index in [9.17, 15) is 9.90 Å². The van der Waals surface area contributed by atoms with E-state index in [0.717, 1.165) is 24.8 Å². The Balaban J connectivity index is 2.31. The molecule has 2 N–H and O–H groups in total. The second-order valence-electron chi connectivity index (χ2n) is 3.93. The van der Waals surface area contributed by atoms with Crippen LogP contribution in [0.1, 0.15) is 41.2 Å². The van der Waals surface area contributed by atoms with E-state index in [4.69, 9.17) is 0 Å². The first kappa shape index (κ1) is 10.2. The number of aldehydes is 1. The Morgan fingerprint density at radius 1 is 1.40 bits per heavy atom. The van der Waals surface area contributed by atoms with Gasteiger partial charge in [0.15, 0.2) is 0 Å². The molecular weight excluding hydrogens is 190 g/mol. The van der Waals surface area contributed by atoms with Crippen molar-refractivity contribution in [2.24, 2.45) is 0 Å². The van der Waals surface area contributed by atoms with Gasteiger partial charge < -0.3 is 10.4 Å². The van der Waals surface area contributed by atoms with E-state index in [2.05, 4.69) is 5.32 Å². The van der Waals surface area contributed by atoms with Crippen LogP contribution in [0.3, 0.4) is 0 Å². The summed E-state index contributed by atoms with van der Waals surface area (Å²) in [6.07, 6.45) is 4.24. The van der Waals surface area contributed by atoms with Crippen LogP contribution in [0, 0.1) is 0 Å². The lowest BCUT2D eigenvalue weighted by Gasteiger charge is -2.24. The van der Waals surface area contributed by atoms with E-state index in [1.54, 1.807) is 18.2 Å². The molecule has 0 aromatic heterocycles. The van der Waals surface area contributed by atoms with E-state index in [1.807, 2.05) is 0 Å². The first-order valence-corrected chi connectivity index (χ1v) is 5.33. The maximum atomic E-state index is 10.9. The molecule has 0 radical (unpaired) electrons. The van der Waals surface area contributed by atoms with Crippen molar-refractivity contribution in [3.8, 4) is 5.75 Å². The largest absolute Gasteiger partial charge is 0.508 e. The fraction of sp³-hybridized carbons (Fsp3) is 0.417. The molecule has 1 aliphatic heterocycles. The van der Waals surface area contributed by atoms with Gasteiger partial charge in [-0.1, -0.05) is 6.42 Å². The average molecular weight is 205 g/mol. The molecule has 0 spiro atoms. The van der Waals surface area contributed by atoms with Crippen LogP contribution >= 0.6 is 0 Å². The lowest BCUT2D eigenvalue weighted by atomic mass is 9.94. The molecule has 3 heteroatoms. The molecule has 3 nitrogen and oxygen atoms in total. The maximum absolute atomic E-state index is 10.9. The van der Waals surface area contributed by atoms with Gasteiger partial charge in [-0.05, 0) is 43.1 Å². The zero-order valence-corrected chi connectivity index (χ0v) is 8.57. The molecule has 1 aromatic rings. The van der Waals surface area contributed by atoms with Crippen molar-refractivity contribution < 1.29 is 9.90 Å². The predicted molar refractivity (Wildman–Crippen MR) is 58.1 cm³/mol. The van der Waals surface area contributed by atoms with Gasteiger partial charge in [0.25, 0.3) is 0 Å². The molecule has 15 heavy (non-hydrogen) atoms. The van der Waals surface area contributed by atoms with Crippen molar-refractivity contribution in [3.05, 3.63) is 29.3 Å². The fourth-order valence-electron chi connectivity index (χ4n) is 2.09. The first-order chi connectivity index (χ1) is 7.31. The lowest BCUT2D eigenvalue weighted by Crippen LogP contribution is -2.27. The van der Waals surface area contributed by atoms with E-state index in [1.165, 1.54) is 12.8 Å². The Labute approximate surface area is 89.1 Å². The summed E-state index contributed by atoms with van der Waals surface area (Å²) in [4.78, 5) is 10.9. The van der Waals surface area contributed by atoms with Crippen LogP contribution in [0.25, 0.3) is 0 Å². The summed E-state index contributed by atoms with van der Waals surface area (Å²) >= 11 is 0. The quantitative estimate of drug-likeness (QED) is 0.726. The topological polar surface area (TPSA) is 49.3 Å². The summed E-state index contributed by atoms with van der Waals surface area (Å²) in [5.74, 6) is 0.225. The Morgan fingerprint density at radius 3 is 2.93 bits per heavy atom. The fourth-order valence-corrected chi connectivity index (χ4v) is 2.09. The third kappa shape index (κ3) is 2.18. The van der Waals surface area contributed by atoms with E-state index >= 15 is 0 Å². The molecule has 0 bridgehead atoms. The number of carbonyl (C=O) groups is 1. The first-order valence-electron chi connectivity index (χ1n) is 5.33. The molecule has 1 aromatic carbocycles. The number of phenols is 1. The number of hydrogen-bond acceptors (Lipinski definition) is 3. The van der Waals surface area contributed by atoms with Crippen LogP contribution in [0.15, 0.2) is 18.2 Å². The summed E-state index contributed by atoms with van der Waals surface area (Å²) in [7, 11) is 0. The predicted octanol–water partition coefficient (Wildman–Crippen LogP) is 2.02. The lowest BCUT2D eigenvalue weighted by molar-refractivity contribution is 0.112. The second-order valence-corrected chi connectivity index (χ2v) is 3.93. The Hall–Kier alpha value is -1.35. The van der Waals surface area contributed by atoms with Crippen molar-refractivity contribution in [2.75, 3.05) is 6.54 Å². The molecule has 1 saturated heterocycles. The van der Waals surface area contributed by atoms with Gasteiger partial charge in [0, 0.05) is 11.6 Å². The minimum atomic E-state index is 0.214. The molecule has 80 valence electrons. The highest BCUT2D eigenvalue weighted by atomic mass is 16.3. The summed E-state index contributed by atoms with van der Waals surface area (Å²) in [5, 5.41) is 12.8. The van der Waals surface area contributed by atoms with Gasteiger partial charge in [0.05, 0.1) is 0 Å². The van der Waals surface area contributed by atoms with Gasteiger partial charge in [-0.3, -0.25) is 4.79 Å². The molecule has 2 rings (SSSR count). The number of rotatable bonds is 2. The number of nitrogens with one attached hydrogen (secondary N) is 1. The number of carbonyl (C=O) groups excluding carboxylic acids is 1. The summed E-state index contributed by atoms with van der Waals surface area (Å²) in [6, 6.07) is 5.13. The molecule has 1 aliphatic rings. The van der Waals surface area contributed by atoms with Crippen LogP contribution in [0.4, 0.5) is 0 Å². The van der Waals surface area contributed by atoms with Crippen molar-refractivity contribution in [1.29, 1.82) is 0 Å². The molecule has 1 atom stereocenters. The molecule has 0 aliphatic carbocycles. The number of benzene rings is 1. The minimum Gasteiger partial charge on any atom is -0.508 e. The summed E-state index contributed by atoms with van der Waals surface area (Å²) < 4.78 is 0. The van der Waals surface area contributed by atoms with Gasteiger partial charge in [0.2, 0.25) is 0 Å². The smallest absolute Gasteiger partial charge is 0.150 e. The van der Waals surface area contributed by atoms with Crippen molar-refractivity contribution in [2.45, 2.75) is 25.3 Å². The monoisotopic (exact) mass is 205 g/mol. The Bertz CT molecular complexity index is 357. The van der Waals surface area contributed by atoms with Crippen LogP contribution < -0.4 is 5.32 Å². The third-order valence-corrected chi connectivity index (χ3v) is 2.88. The summed E-state index contributed by atoms with van der Waals surface area (Å²) in [6.45, 7) is 0.985. The van der Waals surface area contributed by atoms with Gasteiger partial charge in [0.1, 0.15) is 12.0 Å². The van der Waals surface area contributed by atoms with E-state index in [0.29, 0.717) is 5.56 Å². The van der Waals surface area contributed by atoms with Crippen molar-refractivity contribution in [3.63, 3.8) is 0 Å². The van der Waals surface area contributed by atoms with Crippen LogP contribution in [-0.4, -0.2) is 17.9 Å². The number of phenolic OH excluding ortho intramolecular Hbond substituents is 1. The maximum Gasteiger partial charge on any atom is 0.150 e. The molecule has 1 unspecified atom stereocenters. The molecule has 1 fully saturated rings. The highest BCUT2D eigenvalue weighted by Crippen LogP contribution is 2.27. The molecule has 0 saturated carbocycles. The highest BCUT2D eigenvalue weighted by molar-refractivity contribution is 5.78. The third-order valence-electron chi connectivity index (χ3n) is 2.88. The standard InChI is InChI=1S/C12H15NO2/c14-8-9-4-5-10(15)7-11(9)12-3-1-2-6-13-12/h4-5,7-8,12-13,15H,1-3,6H2. The number of hydrogen-bond donors (Lipinski definition) is 2. The molecular formula is C12H15NO2. The SMILES string of the molecule is O=Cc1ccc(O)cc1C1CCCCN1. The average Bonchev–Trinajstić information content (AvgIpc) is 2.30. The van der Waals surface area contributed by atoms with Crippen LogP contribution in [0.5, 0.6) is 5.75 Å². The van der Waals surface area contributed by atoms with Crippen LogP contribution in [-0.2, 0) is 0 Å². The van der Waals surface area contributed by atoms with Crippen molar-refractivity contribution in [1.82, 2.24) is 5.32 Å². The zero-order chi connectivity index (χ0) is 10.7. The second kappa shape index (κ2) is 4.45. The van der Waals surface area contributed by atoms with E-state index in [-0.39, 0.29) is 11.8 Å². The highest BCUT2D eigenvalue weighted by Gasteiger charge is 2.17. The Kier molecular flexibility index (Phi) is 3.02. The van der Waals surface area contributed by atoms with Gasteiger partial charge >= 0.3 is 0 Å². The summed E-state index contributed by atoms with van der Waals surface area (Å²) in [5.41, 5.74) is 1.59. The van der Waals surface area contributed by atoms with Gasteiger partial charge in [-0.15, -0.1) is 0 Å². The van der Waals surface area contributed by atoms with E-state index < -0.39 is 0 Å². The van der Waals surface area contributed by atoms with Crippen LogP contribution in [0.2, 0.25) is 0 Å². The normalized spacial score (nSPS) is 21.2. The Morgan fingerprint density at radius 2 is 2.27 bits per heavy atom. The van der Waals surface area contributed by atoms with Gasteiger partial charge in [-0.2, -0.15) is 0 Å². The number of piperidine rings is 1. The minimum absolute atomic E-state index is 0.214. The van der Waals surface area contributed by atoms with Gasteiger partial charge in [-0.25, -0.2) is 0 Å². The molecule has 0 amide bonds. The molecule has 1 heterocycles.